The van der Waals surface area contributed by atoms with Crippen LogP contribution in [0.4, 0.5) is 4.39 Å². The number of halogens is 2. The normalized spacial score (nSPS) is 11.7. The third-order valence-electron chi connectivity index (χ3n) is 2.30. The molecule has 4 nitrogen and oxygen atoms in total. The van der Waals surface area contributed by atoms with E-state index < -0.39 is 15.8 Å². The van der Waals surface area contributed by atoms with Crippen molar-refractivity contribution in [3.63, 3.8) is 0 Å². The molecule has 1 aromatic rings. The summed E-state index contributed by atoms with van der Waals surface area (Å²) in [5, 5.41) is 8.53. The van der Waals surface area contributed by atoms with Crippen molar-refractivity contribution in [1.29, 1.82) is 0 Å². The second kappa shape index (κ2) is 7.04. The first kappa shape index (κ1) is 15.4. The number of hydrogen-bond acceptors (Lipinski definition) is 3. The fraction of sp³-hybridized carbons (Fsp3) is 0.455. The second-order valence-electron chi connectivity index (χ2n) is 3.82. The van der Waals surface area contributed by atoms with Gasteiger partial charge < -0.3 is 5.11 Å². The zero-order chi connectivity index (χ0) is 13.6. The summed E-state index contributed by atoms with van der Waals surface area (Å²) in [6.45, 7) is 0.0462. The van der Waals surface area contributed by atoms with Crippen molar-refractivity contribution < 1.29 is 17.9 Å². The van der Waals surface area contributed by atoms with Gasteiger partial charge in [-0.1, -0.05) is 17.7 Å². The van der Waals surface area contributed by atoms with E-state index in [0.29, 0.717) is 18.4 Å². The van der Waals surface area contributed by atoms with E-state index in [-0.39, 0.29) is 23.9 Å². The highest BCUT2D eigenvalue weighted by molar-refractivity contribution is 7.89. The van der Waals surface area contributed by atoms with Gasteiger partial charge in [0, 0.05) is 13.2 Å². The van der Waals surface area contributed by atoms with Gasteiger partial charge >= 0.3 is 0 Å². The number of nitrogens with one attached hydrogen (secondary N) is 1. The number of rotatable bonds is 7. The summed E-state index contributed by atoms with van der Waals surface area (Å²) in [7, 11) is -3.37. The van der Waals surface area contributed by atoms with Crippen molar-refractivity contribution in [1.82, 2.24) is 4.72 Å². The summed E-state index contributed by atoms with van der Waals surface area (Å²) in [4.78, 5) is 0. The van der Waals surface area contributed by atoms with Crippen LogP contribution in [0.3, 0.4) is 0 Å². The number of sulfonamides is 1. The molecule has 7 heteroatoms. The third kappa shape index (κ3) is 5.30. The van der Waals surface area contributed by atoms with E-state index in [1.54, 1.807) is 0 Å². The Labute approximate surface area is 111 Å². The average molecular weight is 296 g/mol. The summed E-state index contributed by atoms with van der Waals surface area (Å²) in [6.07, 6.45) is 0.847. The lowest BCUT2D eigenvalue weighted by Gasteiger charge is -2.07. The molecule has 0 aliphatic heterocycles. The monoisotopic (exact) mass is 295 g/mol. The molecule has 0 atom stereocenters. The standard InChI is InChI=1S/C11H15ClFNO3S/c12-10-7-9(3-4-11(10)13)8-14-18(16,17)6-2-1-5-15/h3-4,7,14-15H,1-2,5-6,8H2. The molecule has 0 aromatic heterocycles. The van der Waals surface area contributed by atoms with Gasteiger partial charge in [-0.15, -0.1) is 0 Å². The number of unbranched alkanes of at least 4 members (excludes halogenated alkanes) is 1. The summed E-state index contributed by atoms with van der Waals surface area (Å²) < 4.78 is 38.3. The first-order valence-electron chi connectivity index (χ1n) is 5.47. The Balaban J connectivity index is 2.51. The maximum Gasteiger partial charge on any atom is 0.211 e. The van der Waals surface area contributed by atoms with Crippen molar-refractivity contribution in [2.75, 3.05) is 12.4 Å². The molecule has 2 N–H and O–H groups in total. The molecule has 0 amide bonds. The molecule has 0 saturated carbocycles. The number of hydrogen-bond donors (Lipinski definition) is 2. The van der Waals surface area contributed by atoms with Gasteiger partial charge in [0.2, 0.25) is 10.0 Å². The van der Waals surface area contributed by atoms with Gasteiger partial charge in [0.05, 0.1) is 10.8 Å². The Morgan fingerprint density at radius 2 is 2.06 bits per heavy atom. The number of aliphatic hydroxyl groups is 1. The molecule has 0 saturated heterocycles. The molecule has 1 aromatic carbocycles. The van der Waals surface area contributed by atoms with Crippen LogP contribution < -0.4 is 4.72 Å². The second-order valence-corrected chi connectivity index (χ2v) is 6.15. The molecule has 0 spiro atoms. The summed E-state index contributed by atoms with van der Waals surface area (Å²) in [5.41, 5.74) is 0.590. The van der Waals surface area contributed by atoms with Crippen LogP contribution in [0, 0.1) is 5.82 Å². The maximum absolute atomic E-state index is 12.9. The van der Waals surface area contributed by atoms with E-state index in [0.717, 1.165) is 0 Å². The summed E-state index contributed by atoms with van der Waals surface area (Å²) >= 11 is 5.59. The Morgan fingerprint density at radius 1 is 1.33 bits per heavy atom. The van der Waals surface area contributed by atoms with Crippen molar-refractivity contribution in [3.8, 4) is 0 Å². The Hall–Kier alpha value is -0.690. The molecule has 1 rings (SSSR count). The molecular weight excluding hydrogens is 281 g/mol. The molecule has 0 bridgehead atoms. The predicted octanol–water partition coefficient (Wildman–Crippen LogP) is 1.67. The minimum atomic E-state index is -3.37. The molecule has 0 unspecified atom stereocenters. The largest absolute Gasteiger partial charge is 0.396 e. The van der Waals surface area contributed by atoms with Crippen LogP contribution in [0.5, 0.6) is 0 Å². The first-order valence-corrected chi connectivity index (χ1v) is 7.50. The van der Waals surface area contributed by atoms with E-state index in [2.05, 4.69) is 4.72 Å². The molecule has 0 fully saturated rings. The SMILES string of the molecule is O=S(=O)(CCCCO)NCc1ccc(F)c(Cl)c1. The van der Waals surface area contributed by atoms with Crippen molar-refractivity contribution >= 4 is 21.6 Å². The smallest absolute Gasteiger partial charge is 0.211 e. The van der Waals surface area contributed by atoms with E-state index >= 15 is 0 Å². The van der Waals surface area contributed by atoms with Gasteiger partial charge in [-0.3, -0.25) is 0 Å². The number of aliphatic hydroxyl groups excluding tert-OH is 1. The van der Waals surface area contributed by atoms with E-state index in [4.69, 9.17) is 16.7 Å². The Bertz CT molecular complexity index is 493. The lowest BCUT2D eigenvalue weighted by Crippen LogP contribution is -2.26. The topological polar surface area (TPSA) is 66.4 Å². The molecular formula is C11H15ClFNO3S. The first-order chi connectivity index (χ1) is 8.44. The molecule has 0 heterocycles. The highest BCUT2D eigenvalue weighted by atomic mass is 35.5. The van der Waals surface area contributed by atoms with Gasteiger partial charge in [0.15, 0.2) is 0 Å². The van der Waals surface area contributed by atoms with Crippen LogP contribution in [-0.2, 0) is 16.6 Å². The quantitative estimate of drug-likeness (QED) is 0.752. The maximum atomic E-state index is 12.9. The van der Waals surface area contributed by atoms with Crippen LogP contribution in [0.1, 0.15) is 18.4 Å². The zero-order valence-electron chi connectivity index (χ0n) is 9.70. The number of benzene rings is 1. The predicted molar refractivity (Wildman–Crippen MR) is 68.4 cm³/mol. The lowest BCUT2D eigenvalue weighted by atomic mass is 10.2. The van der Waals surface area contributed by atoms with Crippen LogP contribution >= 0.6 is 11.6 Å². The molecule has 18 heavy (non-hydrogen) atoms. The molecule has 102 valence electrons. The van der Waals surface area contributed by atoms with Gasteiger partial charge in [-0.2, -0.15) is 0 Å². The highest BCUT2D eigenvalue weighted by Crippen LogP contribution is 2.15. The zero-order valence-corrected chi connectivity index (χ0v) is 11.3. The molecule has 0 radical (unpaired) electrons. The van der Waals surface area contributed by atoms with E-state index in [9.17, 15) is 12.8 Å². The summed E-state index contributed by atoms with van der Waals surface area (Å²) in [5.74, 6) is -0.575. The van der Waals surface area contributed by atoms with Gasteiger partial charge in [0.1, 0.15) is 5.82 Å². The molecule has 0 aliphatic carbocycles. The Kier molecular flexibility index (Phi) is 6.01. The van der Waals surface area contributed by atoms with Crippen LogP contribution in [0.2, 0.25) is 5.02 Å². The van der Waals surface area contributed by atoms with Crippen molar-refractivity contribution in [2.45, 2.75) is 19.4 Å². The van der Waals surface area contributed by atoms with Gasteiger partial charge in [-0.05, 0) is 30.5 Å². The van der Waals surface area contributed by atoms with E-state index in [1.165, 1.54) is 18.2 Å². The molecule has 0 aliphatic rings. The van der Waals surface area contributed by atoms with Crippen molar-refractivity contribution in [2.24, 2.45) is 0 Å². The Morgan fingerprint density at radius 3 is 2.67 bits per heavy atom. The van der Waals surface area contributed by atoms with Gasteiger partial charge in [-0.25, -0.2) is 17.5 Å². The average Bonchev–Trinajstić information content (AvgIpc) is 2.31. The van der Waals surface area contributed by atoms with Crippen LogP contribution in [0.25, 0.3) is 0 Å². The fourth-order valence-electron chi connectivity index (χ4n) is 1.32. The minimum Gasteiger partial charge on any atom is -0.396 e. The summed E-state index contributed by atoms with van der Waals surface area (Å²) in [6, 6.07) is 4.04. The van der Waals surface area contributed by atoms with Crippen LogP contribution in [-0.4, -0.2) is 25.9 Å². The lowest BCUT2D eigenvalue weighted by molar-refractivity contribution is 0.287. The fourth-order valence-corrected chi connectivity index (χ4v) is 2.64. The van der Waals surface area contributed by atoms with Crippen molar-refractivity contribution in [3.05, 3.63) is 34.6 Å². The highest BCUT2D eigenvalue weighted by Gasteiger charge is 2.10. The van der Waals surface area contributed by atoms with Crippen LogP contribution in [0.15, 0.2) is 18.2 Å². The minimum absolute atomic E-state index is 0.0247. The third-order valence-corrected chi connectivity index (χ3v) is 4.00. The van der Waals surface area contributed by atoms with E-state index in [1.807, 2.05) is 0 Å². The van der Waals surface area contributed by atoms with Gasteiger partial charge in [0.25, 0.3) is 0 Å².